The highest BCUT2D eigenvalue weighted by Crippen LogP contribution is 2.40. The van der Waals surface area contributed by atoms with Crippen LogP contribution >= 0.6 is 15.9 Å². The number of nitrogens with zero attached hydrogens (tertiary/aromatic N) is 3. The lowest BCUT2D eigenvalue weighted by molar-refractivity contribution is 0.297. The zero-order valence-electron chi connectivity index (χ0n) is 13.8. The van der Waals surface area contributed by atoms with Gasteiger partial charge < -0.3 is 15.2 Å². The number of nitrogens with one attached hydrogen (secondary N) is 1. The molecule has 7 nitrogen and oxygen atoms in total. The van der Waals surface area contributed by atoms with E-state index in [0.29, 0.717) is 25.1 Å². The summed E-state index contributed by atoms with van der Waals surface area (Å²) in [7, 11) is 0. The molecule has 1 atom stereocenters. The Kier molecular flexibility index (Phi) is 3.53. The second-order valence-corrected chi connectivity index (χ2v) is 7.03. The van der Waals surface area contributed by atoms with Gasteiger partial charge in [-0.2, -0.15) is 0 Å². The number of aliphatic imine (C=N–C) groups is 1. The molecule has 0 amide bonds. The van der Waals surface area contributed by atoms with Gasteiger partial charge in [-0.1, -0.05) is 34.1 Å². The number of fused-ring (bicyclic) bond motifs is 4. The van der Waals surface area contributed by atoms with Gasteiger partial charge in [0.25, 0.3) is 0 Å². The summed E-state index contributed by atoms with van der Waals surface area (Å²) >= 11 is 3.62. The van der Waals surface area contributed by atoms with Crippen LogP contribution in [0.25, 0.3) is 11.0 Å². The molecule has 3 N–H and O–H groups in total. The quantitative estimate of drug-likeness (QED) is 0.639. The molecule has 0 radical (unpaired) electrons. The van der Waals surface area contributed by atoms with Crippen LogP contribution in [0.15, 0.2) is 45.9 Å². The molecule has 132 valence electrons. The highest BCUT2D eigenvalue weighted by molar-refractivity contribution is 9.10. The first-order valence-corrected chi connectivity index (χ1v) is 9.16. The molecular weight excluding hydrogens is 398 g/mol. The van der Waals surface area contributed by atoms with E-state index in [4.69, 9.17) is 15.2 Å². The predicted molar refractivity (Wildman–Crippen MR) is 103 cm³/mol. The van der Waals surface area contributed by atoms with Gasteiger partial charge in [0.1, 0.15) is 0 Å². The van der Waals surface area contributed by atoms with Gasteiger partial charge in [-0.05, 0) is 6.07 Å². The van der Waals surface area contributed by atoms with Crippen LogP contribution in [0.2, 0.25) is 0 Å². The van der Waals surface area contributed by atoms with Crippen LogP contribution in [-0.2, 0) is 0 Å². The van der Waals surface area contributed by atoms with Crippen molar-refractivity contribution in [2.24, 2.45) is 10.7 Å². The zero-order chi connectivity index (χ0) is 17.7. The monoisotopic (exact) mass is 413 g/mol. The van der Waals surface area contributed by atoms with Crippen molar-refractivity contribution in [1.82, 2.24) is 9.55 Å². The molecule has 0 aliphatic carbocycles. The van der Waals surface area contributed by atoms with Crippen molar-refractivity contribution in [3.63, 3.8) is 0 Å². The fourth-order valence-corrected chi connectivity index (χ4v) is 3.81. The molecule has 0 bridgehead atoms. The number of guanidine groups is 1. The first-order valence-electron chi connectivity index (χ1n) is 8.37. The number of anilines is 1. The van der Waals surface area contributed by atoms with Crippen molar-refractivity contribution in [1.29, 1.82) is 0 Å². The fourth-order valence-electron chi connectivity index (χ4n) is 3.32. The molecular formula is C18H16BrN5O2. The smallest absolute Gasteiger partial charge is 0.212 e. The van der Waals surface area contributed by atoms with Gasteiger partial charge in [-0.25, -0.2) is 9.98 Å². The van der Waals surface area contributed by atoms with E-state index in [1.54, 1.807) is 0 Å². The summed E-state index contributed by atoms with van der Waals surface area (Å²) in [6, 6.07) is 11.8. The molecule has 8 heteroatoms. The van der Waals surface area contributed by atoms with Crippen molar-refractivity contribution in [3.8, 4) is 11.5 Å². The van der Waals surface area contributed by atoms with Crippen LogP contribution < -0.4 is 20.5 Å². The molecule has 2 aliphatic rings. The predicted octanol–water partition coefficient (Wildman–Crippen LogP) is 3.25. The number of benzene rings is 2. The minimum Gasteiger partial charge on any atom is -0.489 e. The highest BCUT2D eigenvalue weighted by Gasteiger charge is 2.27. The Morgan fingerprint density at radius 3 is 2.73 bits per heavy atom. The average Bonchev–Trinajstić information content (AvgIpc) is 2.81. The lowest BCUT2D eigenvalue weighted by atomic mass is 10.1. The Labute approximate surface area is 158 Å². The van der Waals surface area contributed by atoms with Gasteiger partial charge in [0.05, 0.1) is 24.2 Å². The van der Waals surface area contributed by atoms with Gasteiger partial charge in [-0.15, -0.1) is 0 Å². The highest BCUT2D eigenvalue weighted by atomic mass is 79.9. The van der Waals surface area contributed by atoms with Gasteiger partial charge >= 0.3 is 0 Å². The molecule has 0 saturated carbocycles. The number of rotatable bonds is 1. The largest absolute Gasteiger partial charge is 0.489 e. The Balaban J connectivity index is 1.74. The molecule has 0 saturated heterocycles. The third kappa shape index (κ3) is 2.40. The van der Waals surface area contributed by atoms with Gasteiger partial charge in [0.2, 0.25) is 5.95 Å². The number of nitrogens with two attached hydrogens (primary N) is 1. The summed E-state index contributed by atoms with van der Waals surface area (Å²) in [5, 5.41) is 3.05. The molecule has 26 heavy (non-hydrogen) atoms. The Morgan fingerprint density at radius 1 is 1.15 bits per heavy atom. The van der Waals surface area contributed by atoms with Crippen molar-refractivity contribution in [3.05, 3.63) is 46.4 Å². The summed E-state index contributed by atoms with van der Waals surface area (Å²) in [6.45, 7) is 1.27. The van der Waals surface area contributed by atoms with Crippen LogP contribution in [0.4, 0.5) is 5.95 Å². The second-order valence-electron chi connectivity index (χ2n) is 6.18. The third-order valence-electron chi connectivity index (χ3n) is 4.49. The molecule has 1 aromatic heterocycles. The molecule has 3 aromatic rings. The lowest BCUT2D eigenvalue weighted by Crippen LogP contribution is -2.31. The third-order valence-corrected chi connectivity index (χ3v) is 5.21. The standard InChI is InChI=1S/C18H16BrN5O2/c19-11-5-2-1-4-10(11)16-22-17(20)23-18-21-12-8-14-15(9-13(12)24(16)18)26-7-3-6-25-14/h1-2,4-5,8-9,16H,3,6-7H2,(H3,20,21,22,23). The maximum atomic E-state index is 6.01. The minimum absolute atomic E-state index is 0.323. The van der Waals surface area contributed by atoms with Crippen molar-refractivity contribution >= 4 is 38.9 Å². The van der Waals surface area contributed by atoms with E-state index in [1.165, 1.54) is 0 Å². The Hall–Kier alpha value is -2.74. The summed E-state index contributed by atoms with van der Waals surface area (Å²) in [5.74, 6) is 2.43. The number of hydrogen-bond donors (Lipinski definition) is 2. The van der Waals surface area contributed by atoms with E-state index >= 15 is 0 Å². The number of ether oxygens (including phenoxy) is 2. The number of aromatic nitrogens is 2. The lowest BCUT2D eigenvalue weighted by Gasteiger charge is -2.24. The van der Waals surface area contributed by atoms with E-state index < -0.39 is 0 Å². The number of imidazole rings is 1. The normalized spacial score (nSPS) is 18.7. The Bertz CT molecular complexity index is 1050. The molecule has 0 spiro atoms. The van der Waals surface area contributed by atoms with E-state index in [0.717, 1.165) is 39.0 Å². The average molecular weight is 414 g/mol. The van der Waals surface area contributed by atoms with Crippen molar-refractivity contribution in [2.75, 3.05) is 18.5 Å². The van der Waals surface area contributed by atoms with Gasteiger partial charge in [0.15, 0.2) is 23.6 Å². The van der Waals surface area contributed by atoms with E-state index in [-0.39, 0.29) is 6.17 Å². The summed E-state index contributed by atoms with van der Waals surface area (Å²) in [6.07, 6.45) is 0.538. The van der Waals surface area contributed by atoms with E-state index in [1.807, 2.05) is 41.0 Å². The maximum absolute atomic E-state index is 6.01. The summed E-state index contributed by atoms with van der Waals surface area (Å²) < 4.78 is 14.6. The van der Waals surface area contributed by atoms with Crippen LogP contribution in [0, 0.1) is 0 Å². The molecule has 3 heterocycles. The van der Waals surface area contributed by atoms with Crippen LogP contribution in [0.3, 0.4) is 0 Å². The topological polar surface area (TPSA) is 86.7 Å². The maximum Gasteiger partial charge on any atom is 0.212 e. The first-order chi connectivity index (χ1) is 12.7. The number of hydrogen-bond acceptors (Lipinski definition) is 6. The molecule has 2 aliphatic heterocycles. The van der Waals surface area contributed by atoms with E-state index in [2.05, 4.69) is 31.2 Å². The zero-order valence-corrected chi connectivity index (χ0v) is 15.4. The first kappa shape index (κ1) is 15.5. The summed E-state index contributed by atoms with van der Waals surface area (Å²) in [4.78, 5) is 9.30. The number of halogens is 1. The van der Waals surface area contributed by atoms with Crippen molar-refractivity contribution < 1.29 is 9.47 Å². The summed E-state index contributed by atoms with van der Waals surface area (Å²) in [5.41, 5.74) is 8.73. The molecule has 0 fully saturated rings. The van der Waals surface area contributed by atoms with E-state index in [9.17, 15) is 0 Å². The van der Waals surface area contributed by atoms with Crippen LogP contribution in [0.5, 0.6) is 11.5 Å². The fraction of sp³-hybridized carbons (Fsp3) is 0.222. The second kappa shape index (κ2) is 5.91. The Morgan fingerprint density at radius 2 is 1.92 bits per heavy atom. The minimum atomic E-state index is -0.323. The SMILES string of the molecule is NC1=NC(c2ccccc2Br)n2c(nc3cc4c(cc32)OCCCO4)N1. The molecule has 1 unspecified atom stereocenters. The molecule has 2 aromatic carbocycles. The molecule has 5 rings (SSSR count). The van der Waals surface area contributed by atoms with Crippen molar-refractivity contribution in [2.45, 2.75) is 12.6 Å². The van der Waals surface area contributed by atoms with Gasteiger partial charge in [0, 0.05) is 28.6 Å². The van der Waals surface area contributed by atoms with Crippen LogP contribution in [0.1, 0.15) is 18.2 Å². The van der Waals surface area contributed by atoms with Gasteiger partial charge in [-0.3, -0.25) is 9.88 Å². The van der Waals surface area contributed by atoms with Crippen LogP contribution in [-0.4, -0.2) is 28.7 Å².